The van der Waals surface area contributed by atoms with Crippen molar-refractivity contribution < 1.29 is 8.42 Å². The maximum atomic E-state index is 12.2. The molecule has 0 amide bonds. The second-order valence-electron chi connectivity index (χ2n) is 5.66. The fraction of sp³-hybridized carbons (Fsp3) is 0.438. The van der Waals surface area contributed by atoms with Crippen LogP contribution in [0.25, 0.3) is 11.1 Å². The van der Waals surface area contributed by atoms with Crippen LogP contribution in [0.1, 0.15) is 31.4 Å². The van der Waals surface area contributed by atoms with E-state index in [1.54, 1.807) is 29.8 Å². The van der Waals surface area contributed by atoms with Crippen LogP contribution in [0.15, 0.2) is 37.1 Å². The standard InChI is InChI=1S/C16H20N4O2S/c1-2-23(21,22)20-9-3-4-14(11-20)16-15(10-18-12-19-16)13-5-7-17-8-6-13/h5-8,10,12,14H,2-4,9,11H2,1H3/t14-/m0/s1. The highest BCUT2D eigenvalue weighted by Crippen LogP contribution is 2.33. The van der Waals surface area contributed by atoms with Gasteiger partial charge in [0.05, 0.1) is 11.4 Å². The van der Waals surface area contributed by atoms with Crippen molar-refractivity contribution in [1.82, 2.24) is 19.3 Å². The van der Waals surface area contributed by atoms with Crippen molar-refractivity contribution in [1.29, 1.82) is 0 Å². The molecule has 0 radical (unpaired) electrons. The van der Waals surface area contributed by atoms with Crippen LogP contribution in [-0.4, -0.2) is 46.5 Å². The summed E-state index contributed by atoms with van der Waals surface area (Å²) in [5.41, 5.74) is 2.88. The van der Waals surface area contributed by atoms with Crippen molar-refractivity contribution >= 4 is 10.0 Å². The second kappa shape index (κ2) is 6.72. The molecule has 23 heavy (non-hydrogen) atoms. The molecule has 7 heteroatoms. The fourth-order valence-electron chi connectivity index (χ4n) is 3.02. The van der Waals surface area contributed by atoms with Gasteiger partial charge < -0.3 is 0 Å². The van der Waals surface area contributed by atoms with Crippen LogP contribution >= 0.6 is 0 Å². The Morgan fingerprint density at radius 1 is 1.26 bits per heavy atom. The summed E-state index contributed by atoms with van der Waals surface area (Å²) in [5.74, 6) is 0.233. The predicted octanol–water partition coefficient (Wildman–Crippen LogP) is 2.07. The smallest absolute Gasteiger partial charge is 0.213 e. The first kappa shape index (κ1) is 16.0. The van der Waals surface area contributed by atoms with Gasteiger partial charge in [-0.2, -0.15) is 0 Å². The van der Waals surface area contributed by atoms with Crippen LogP contribution in [0.3, 0.4) is 0 Å². The number of sulfonamides is 1. The normalized spacial score (nSPS) is 19.6. The highest BCUT2D eigenvalue weighted by atomic mass is 32.2. The number of hydrogen-bond acceptors (Lipinski definition) is 5. The minimum absolute atomic E-state index is 0.0937. The average Bonchev–Trinajstić information content (AvgIpc) is 2.62. The lowest BCUT2D eigenvalue weighted by atomic mass is 9.91. The largest absolute Gasteiger partial charge is 0.265 e. The molecule has 122 valence electrons. The molecule has 0 N–H and O–H groups in total. The summed E-state index contributed by atoms with van der Waals surface area (Å²) < 4.78 is 25.9. The van der Waals surface area contributed by atoms with E-state index in [9.17, 15) is 8.42 Å². The van der Waals surface area contributed by atoms with Gasteiger partial charge in [0.25, 0.3) is 0 Å². The van der Waals surface area contributed by atoms with Crippen molar-refractivity contribution in [2.75, 3.05) is 18.8 Å². The quantitative estimate of drug-likeness (QED) is 0.856. The van der Waals surface area contributed by atoms with E-state index in [2.05, 4.69) is 15.0 Å². The first-order valence-corrected chi connectivity index (χ1v) is 9.41. The Balaban J connectivity index is 1.93. The SMILES string of the molecule is CCS(=O)(=O)N1CCC[C@H](c2ncncc2-c2ccncc2)C1. The molecule has 0 aliphatic carbocycles. The molecule has 1 atom stereocenters. The third-order valence-electron chi connectivity index (χ3n) is 4.26. The molecule has 1 aliphatic rings. The van der Waals surface area contributed by atoms with Crippen molar-refractivity contribution in [3.8, 4) is 11.1 Å². The first-order valence-electron chi connectivity index (χ1n) is 7.80. The average molecular weight is 332 g/mol. The van der Waals surface area contributed by atoms with E-state index in [1.807, 2.05) is 12.1 Å². The van der Waals surface area contributed by atoms with Gasteiger partial charge in [-0.25, -0.2) is 22.7 Å². The third kappa shape index (κ3) is 3.40. The number of hydrogen-bond donors (Lipinski definition) is 0. The Morgan fingerprint density at radius 2 is 2.04 bits per heavy atom. The molecule has 3 heterocycles. The van der Waals surface area contributed by atoms with Crippen LogP contribution in [0.4, 0.5) is 0 Å². The molecule has 0 saturated carbocycles. The molecule has 2 aromatic heterocycles. The van der Waals surface area contributed by atoms with E-state index in [-0.39, 0.29) is 11.7 Å². The van der Waals surface area contributed by atoms with Crippen LogP contribution in [0.2, 0.25) is 0 Å². The zero-order valence-electron chi connectivity index (χ0n) is 13.1. The van der Waals surface area contributed by atoms with E-state index >= 15 is 0 Å². The number of rotatable bonds is 4. The lowest BCUT2D eigenvalue weighted by Gasteiger charge is -2.32. The van der Waals surface area contributed by atoms with Gasteiger partial charge in [0.1, 0.15) is 6.33 Å². The summed E-state index contributed by atoms with van der Waals surface area (Å²) in [4.78, 5) is 12.6. The molecule has 1 aliphatic heterocycles. The van der Waals surface area contributed by atoms with E-state index < -0.39 is 10.0 Å². The Labute approximate surface area is 136 Å². The molecule has 1 saturated heterocycles. The molecule has 6 nitrogen and oxygen atoms in total. The molecule has 3 rings (SSSR count). The maximum Gasteiger partial charge on any atom is 0.213 e. The van der Waals surface area contributed by atoms with Crippen molar-refractivity contribution in [2.24, 2.45) is 0 Å². The van der Waals surface area contributed by atoms with Gasteiger partial charge in [0.15, 0.2) is 0 Å². The summed E-state index contributed by atoms with van der Waals surface area (Å²) in [6.07, 6.45) is 8.59. The predicted molar refractivity (Wildman–Crippen MR) is 88.3 cm³/mol. The molecule has 1 fully saturated rings. The minimum Gasteiger partial charge on any atom is -0.265 e. The van der Waals surface area contributed by atoms with Crippen molar-refractivity contribution in [2.45, 2.75) is 25.7 Å². The van der Waals surface area contributed by atoms with Gasteiger partial charge in [-0.15, -0.1) is 0 Å². The first-order chi connectivity index (χ1) is 11.1. The summed E-state index contributed by atoms with van der Waals surface area (Å²) in [7, 11) is -3.16. The lowest BCUT2D eigenvalue weighted by Crippen LogP contribution is -2.40. The number of nitrogens with zero attached hydrogens (tertiary/aromatic N) is 4. The fourth-order valence-corrected chi connectivity index (χ4v) is 4.20. The molecular formula is C16H20N4O2S. The van der Waals surface area contributed by atoms with E-state index in [1.165, 1.54) is 6.33 Å². The number of piperidine rings is 1. The summed E-state index contributed by atoms with van der Waals surface area (Å²) >= 11 is 0. The van der Waals surface area contributed by atoms with Gasteiger partial charge in [-0.3, -0.25) is 4.98 Å². The van der Waals surface area contributed by atoms with Crippen LogP contribution in [0.5, 0.6) is 0 Å². The van der Waals surface area contributed by atoms with E-state index in [4.69, 9.17) is 0 Å². The van der Waals surface area contributed by atoms with E-state index in [0.29, 0.717) is 13.1 Å². The van der Waals surface area contributed by atoms with Crippen LogP contribution in [0, 0.1) is 0 Å². The Morgan fingerprint density at radius 3 is 2.78 bits per heavy atom. The number of aromatic nitrogens is 3. The van der Waals surface area contributed by atoms with Gasteiger partial charge in [0, 0.05) is 43.2 Å². The molecule has 0 bridgehead atoms. The van der Waals surface area contributed by atoms with Crippen molar-refractivity contribution in [3.05, 3.63) is 42.7 Å². The Kier molecular flexibility index (Phi) is 4.68. The Bertz CT molecular complexity index is 765. The molecule has 2 aromatic rings. The zero-order chi connectivity index (χ0) is 16.3. The summed E-state index contributed by atoms with van der Waals surface area (Å²) in [5, 5.41) is 0. The van der Waals surface area contributed by atoms with E-state index in [0.717, 1.165) is 29.7 Å². The summed E-state index contributed by atoms with van der Waals surface area (Å²) in [6, 6.07) is 3.84. The zero-order valence-corrected chi connectivity index (χ0v) is 13.9. The van der Waals surface area contributed by atoms with Gasteiger partial charge in [-0.1, -0.05) is 0 Å². The van der Waals surface area contributed by atoms with Crippen LogP contribution in [-0.2, 0) is 10.0 Å². The lowest BCUT2D eigenvalue weighted by molar-refractivity contribution is 0.313. The minimum atomic E-state index is -3.16. The van der Waals surface area contributed by atoms with Gasteiger partial charge in [0.2, 0.25) is 10.0 Å². The van der Waals surface area contributed by atoms with Gasteiger partial charge >= 0.3 is 0 Å². The topological polar surface area (TPSA) is 76.1 Å². The highest BCUT2D eigenvalue weighted by Gasteiger charge is 2.30. The molecule has 0 unspecified atom stereocenters. The van der Waals surface area contributed by atoms with Crippen molar-refractivity contribution in [3.63, 3.8) is 0 Å². The highest BCUT2D eigenvalue weighted by molar-refractivity contribution is 7.89. The monoisotopic (exact) mass is 332 g/mol. The third-order valence-corrected chi connectivity index (χ3v) is 6.11. The summed E-state index contributed by atoms with van der Waals surface area (Å²) in [6.45, 7) is 2.78. The molecular weight excluding hydrogens is 312 g/mol. The maximum absolute atomic E-state index is 12.2. The number of pyridine rings is 1. The molecule has 0 aromatic carbocycles. The van der Waals surface area contributed by atoms with Gasteiger partial charge in [-0.05, 0) is 37.5 Å². The Hall–Kier alpha value is -1.86. The molecule has 0 spiro atoms. The second-order valence-corrected chi connectivity index (χ2v) is 7.91. The van der Waals surface area contributed by atoms with Crippen LogP contribution < -0.4 is 0 Å².